The molecule has 0 aromatic heterocycles. The minimum atomic E-state index is -1.15. The van der Waals surface area contributed by atoms with Crippen molar-refractivity contribution in [1.29, 1.82) is 0 Å². The number of carbonyl (C=O) groups is 3. The molecule has 3 rings (SSSR count). The molecule has 36 heavy (non-hydrogen) atoms. The Bertz CT molecular complexity index is 1250. The highest BCUT2D eigenvalue weighted by Gasteiger charge is 2.35. The molecule has 0 aliphatic rings. The van der Waals surface area contributed by atoms with Crippen LogP contribution in [0.5, 0.6) is 5.75 Å². The molecule has 0 radical (unpaired) electrons. The lowest BCUT2D eigenvalue weighted by Gasteiger charge is -2.35. The van der Waals surface area contributed by atoms with Crippen molar-refractivity contribution in [3.8, 4) is 5.75 Å². The van der Waals surface area contributed by atoms with E-state index in [9.17, 15) is 19.5 Å². The van der Waals surface area contributed by atoms with Gasteiger partial charge >= 0.3 is 6.09 Å². The monoisotopic (exact) mass is 491 g/mol. The van der Waals surface area contributed by atoms with Crippen LogP contribution in [0.15, 0.2) is 66.7 Å². The van der Waals surface area contributed by atoms with Crippen LogP contribution in [-0.4, -0.2) is 46.1 Å². The van der Waals surface area contributed by atoms with Crippen LogP contribution in [-0.2, 0) is 14.3 Å². The van der Waals surface area contributed by atoms with Gasteiger partial charge < -0.3 is 25.4 Å². The lowest BCUT2D eigenvalue weighted by atomic mass is 10.0. The maximum atomic E-state index is 13.6. The van der Waals surface area contributed by atoms with Crippen LogP contribution >= 0.6 is 0 Å². The summed E-state index contributed by atoms with van der Waals surface area (Å²) in [6, 6.07) is 18.1. The molecular weight excluding hydrogens is 458 g/mol. The maximum absolute atomic E-state index is 13.6. The van der Waals surface area contributed by atoms with E-state index in [1.807, 2.05) is 36.4 Å². The van der Waals surface area contributed by atoms with Gasteiger partial charge in [0.15, 0.2) is 0 Å². The van der Waals surface area contributed by atoms with E-state index in [2.05, 4.69) is 10.6 Å². The summed E-state index contributed by atoms with van der Waals surface area (Å²) in [5, 5.41) is 17.9. The number of benzene rings is 3. The minimum Gasteiger partial charge on any atom is -0.508 e. The fourth-order valence-electron chi connectivity index (χ4n) is 3.90. The van der Waals surface area contributed by atoms with Crippen LogP contribution in [0.1, 0.15) is 46.2 Å². The number of anilines is 1. The van der Waals surface area contributed by atoms with Crippen molar-refractivity contribution in [2.45, 2.75) is 52.3 Å². The number of hydrogen-bond donors (Lipinski definition) is 3. The zero-order valence-corrected chi connectivity index (χ0v) is 21.2. The Hall–Kier alpha value is -4.07. The Morgan fingerprint density at radius 2 is 1.58 bits per heavy atom. The van der Waals surface area contributed by atoms with Crippen LogP contribution in [0.2, 0.25) is 0 Å². The highest BCUT2D eigenvalue weighted by atomic mass is 16.6. The fourth-order valence-corrected chi connectivity index (χ4v) is 3.90. The zero-order chi connectivity index (χ0) is 26.5. The molecule has 0 aliphatic carbocycles. The van der Waals surface area contributed by atoms with Gasteiger partial charge in [0.2, 0.25) is 5.91 Å². The predicted octanol–water partition coefficient (Wildman–Crippen LogP) is 4.99. The van der Waals surface area contributed by atoms with Crippen molar-refractivity contribution in [3.63, 3.8) is 0 Å². The number of phenolic OH excluding ortho intramolecular Hbond substituents is 1. The van der Waals surface area contributed by atoms with E-state index in [1.165, 1.54) is 11.0 Å². The summed E-state index contributed by atoms with van der Waals surface area (Å²) in [4.78, 5) is 40.4. The maximum Gasteiger partial charge on any atom is 0.408 e. The number of nitrogens with one attached hydrogen (secondary N) is 2. The molecule has 0 spiro atoms. The van der Waals surface area contributed by atoms with Crippen LogP contribution < -0.4 is 10.6 Å². The molecule has 0 saturated heterocycles. The van der Waals surface area contributed by atoms with Gasteiger partial charge in [-0.05, 0) is 63.6 Å². The van der Waals surface area contributed by atoms with Gasteiger partial charge in [0.1, 0.15) is 23.9 Å². The Kier molecular flexibility index (Phi) is 8.19. The van der Waals surface area contributed by atoms with Crippen LogP contribution in [0.25, 0.3) is 10.8 Å². The average molecular weight is 492 g/mol. The van der Waals surface area contributed by atoms with E-state index in [1.54, 1.807) is 58.9 Å². The first-order chi connectivity index (χ1) is 17.0. The Morgan fingerprint density at radius 3 is 2.22 bits per heavy atom. The number of alkyl carbamates (subject to hydrolysis) is 1. The van der Waals surface area contributed by atoms with Gasteiger partial charge in [-0.2, -0.15) is 0 Å². The van der Waals surface area contributed by atoms with Gasteiger partial charge in [-0.25, -0.2) is 4.79 Å². The molecule has 1 atom stereocenters. The largest absolute Gasteiger partial charge is 0.508 e. The lowest BCUT2D eigenvalue weighted by molar-refractivity contribution is -0.140. The molecule has 0 fully saturated rings. The van der Waals surface area contributed by atoms with Crippen molar-refractivity contribution in [2.75, 3.05) is 11.9 Å². The summed E-state index contributed by atoms with van der Waals surface area (Å²) in [6.45, 7) is 8.32. The SMILES string of the molecule is CC(C)N(C(=O)CNC(=O)OC(C)(C)C)C(C(=O)Nc1ccc2ccccc2c1)c1ccccc1O. The van der Waals surface area contributed by atoms with E-state index in [0.717, 1.165) is 10.8 Å². The highest BCUT2D eigenvalue weighted by Crippen LogP contribution is 2.32. The summed E-state index contributed by atoms with van der Waals surface area (Å²) >= 11 is 0. The molecule has 190 valence electrons. The molecule has 3 amide bonds. The summed E-state index contributed by atoms with van der Waals surface area (Å²) in [6.07, 6.45) is -0.737. The summed E-state index contributed by atoms with van der Waals surface area (Å²) in [7, 11) is 0. The normalized spacial score (nSPS) is 12.2. The lowest BCUT2D eigenvalue weighted by Crippen LogP contribution is -2.49. The van der Waals surface area contributed by atoms with E-state index < -0.39 is 35.6 Å². The number of amides is 3. The van der Waals surface area contributed by atoms with Gasteiger partial charge in [-0.1, -0.05) is 48.5 Å². The Balaban J connectivity index is 1.91. The minimum absolute atomic E-state index is 0.116. The second-order valence-corrected chi connectivity index (χ2v) is 9.76. The molecule has 8 nitrogen and oxygen atoms in total. The number of fused-ring (bicyclic) bond motifs is 1. The quantitative estimate of drug-likeness (QED) is 0.432. The first kappa shape index (κ1) is 26.5. The van der Waals surface area contributed by atoms with Gasteiger partial charge in [-0.15, -0.1) is 0 Å². The van der Waals surface area contributed by atoms with Crippen molar-refractivity contribution >= 4 is 34.4 Å². The van der Waals surface area contributed by atoms with Gasteiger partial charge in [0.05, 0.1) is 0 Å². The zero-order valence-electron chi connectivity index (χ0n) is 21.2. The molecule has 3 aromatic carbocycles. The standard InChI is InChI=1S/C28H33N3O5/c1-18(2)31(24(33)17-29-27(35)36-28(3,4)5)25(22-12-8-9-13-23(22)32)26(34)30-21-15-14-19-10-6-7-11-20(19)16-21/h6-16,18,25,32H,17H2,1-5H3,(H,29,35)(H,30,34). The molecule has 1 unspecified atom stereocenters. The Labute approximate surface area is 211 Å². The van der Waals surface area contributed by atoms with Crippen LogP contribution in [0, 0.1) is 0 Å². The third-order valence-corrected chi connectivity index (χ3v) is 5.40. The number of rotatable bonds is 7. The molecule has 3 aromatic rings. The van der Waals surface area contributed by atoms with E-state index in [-0.39, 0.29) is 17.9 Å². The number of para-hydroxylation sites is 1. The second kappa shape index (κ2) is 11.1. The van der Waals surface area contributed by atoms with Crippen molar-refractivity contribution in [1.82, 2.24) is 10.2 Å². The number of aromatic hydroxyl groups is 1. The van der Waals surface area contributed by atoms with Crippen molar-refractivity contribution in [2.24, 2.45) is 0 Å². The molecule has 0 heterocycles. The van der Waals surface area contributed by atoms with Gasteiger partial charge in [0.25, 0.3) is 5.91 Å². The van der Waals surface area contributed by atoms with Gasteiger partial charge in [-0.3, -0.25) is 9.59 Å². The fraction of sp³-hybridized carbons (Fsp3) is 0.321. The molecular formula is C28H33N3O5. The number of nitrogens with zero attached hydrogens (tertiary/aromatic N) is 1. The third-order valence-electron chi connectivity index (χ3n) is 5.40. The summed E-state index contributed by atoms with van der Waals surface area (Å²) in [5.74, 6) is -1.11. The number of hydrogen-bond acceptors (Lipinski definition) is 5. The molecule has 8 heteroatoms. The predicted molar refractivity (Wildman–Crippen MR) is 140 cm³/mol. The first-order valence-electron chi connectivity index (χ1n) is 11.8. The molecule has 0 bridgehead atoms. The van der Waals surface area contributed by atoms with E-state index in [4.69, 9.17) is 4.74 Å². The van der Waals surface area contributed by atoms with Crippen molar-refractivity contribution in [3.05, 3.63) is 72.3 Å². The number of phenols is 1. The first-order valence-corrected chi connectivity index (χ1v) is 11.8. The topological polar surface area (TPSA) is 108 Å². The number of carbonyl (C=O) groups excluding carboxylic acids is 3. The smallest absolute Gasteiger partial charge is 0.408 e. The van der Waals surface area contributed by atoms with Gasteiger partial charge in [0, 0.05) is 17.3 Å². The summed E-state index contributed by atoms with van der Waals surface area (Å²) in [5.41, 5.74) is 0.112. The summed E-state index contributed by atoms with van der Waals surface area (Å²) < 4.78 is 5.21. The second-order valence-electron chi connectivity index (χ2n) is 9.76. The molecule has 0 aliphatic heterocycles. The molecule has 0 saturated carbocycles. The highest BCUT2D eigenvalue weighted by molar-refractivity contribution is 6.00. The van der Waals surface area contributed by atoms with Crippen LogP contribution in [0.4, 0.5) is 10.5 Å². The third kappa shape index (κ3) is 6.75. The van der Waals surface area contributed by atoms with Crippen molar-refractivity contribution < 1.29 is 24.2 Å². The van der Waals surface area contributed by atoms with E-state index >= 15 is 0 Å². The number of ether oxygens (including phenoxy) is 1. The van der Waals surface area contributed by atoms with E-state index in [0.29, 0.717) is 5.69 Å². The molecule has 3 N–H and O–H groups in total. The van der Waals surface area contributed by atoms with Crippen LogP contribution in [0.3, 0.4) is 0 Å². The average Bonchev–Trinajstić information content (AvgIpc) is 2.80. The Morgan fingerprint density at radius 1 is 0.944 bits per heavy atom.